The van der Waals surface area contributed by atoms with E-state index in [1.54, 1.807) is 12.1 Å². The molecular weight excluding hydrogens is 156 g/mol. The average molecular weight is 165 g/mol. The van der Waals surface area contributed by atoms with Crippen molar-refractivity contribution in [3.63, 3.8) is 0 Å². The number of carbonyl (C=O) groups is 1. The van der Waals surface area contributed by atoms with Gasteiger partial charge in [-0.3, -0.25) is 0 Å². The Kier molecular flexibility index (Phi) is 2.69. The predicted octanol–water partition coefficient (Wildman–Crippen LogP) is 1.66. The van der Waals surface area contributed by atoms with Gasteiger partial charge in [-0.25, -0.2) is 9.90 Å². The fraction of sp³-hybridized carbons (Fsp3) is 0.222. The summed E-state index contributed by atoms with van der Waals surface area (Å²) in [6.07, 6.45) is 0. The molecule has 0 aliphatic heterocycles. The Labute approximate surface area is 70.6 Å². The van der Waals surface area contributed by atoms with Gasteiger partial charge in [-0.2, -0.15) is 0 Å². The molecule has 12 heavy (non-hydrogen) atoms. The molecule has 0 unspecified atom stereocenters. The lowest BCUT2D eigenvalue weighted by Crippen LogP contribution is -1.95. The first-order valence-corrected chi connectivity index (χ1v) is 3.68. The lowest BCUT2D eigenvalue weighted by atomic mass is 10.2. The van der Waals surface area contributed by atoms with Crippen LogP contribution in [-0.2, 0) is 5.11 Å². The van der Waals surface area contributed by atoms with Crippen LogP contribution in [0, 0.1) is 0 Å². The maximum Gasteiger partial charge on any atom is 0.386 e. The first-order chi connectivity index (χ1) is 5.74. The fourth-order valence-corrected chi connectivity index (χ4v) is 0.854. The van der Waals surface area contributed by atoms with Gasteiger partial charge < -0.3 is 4.74 Å². The largest absolute Gasteiger partial charge is 0.494 e. The quantitative estimate of drug-likeness (QED) is 0.683. The molecule has 0 aliphatic rings. The van der Waals surface area contributed by atoms with Crippen LogP contribution in [0.25, 0.3) is 0 Å². The second kappa shape index (κ2) is 3.76. The van der Waals surface area contributed by atoms with Crippen molar-refractivity contribution < 1.29 is 14.6 Å². The third kappa shape index (κ3) is 1.99. The lowest BCUT2D eigenvalue weighted by molar-refractivity contribution is 0.0573. The Bertz CT molecular complexity index is 264. The molecule has 3 heteroatoms. The van der Waals surface area contributed by atoms with Crippen molar-refractivity contribution in [3.05, 3.63) is 29.8 Å². The second-order valence-corrected chi connectivity index (χ2v) is 2.24. The van der Waals surface area contributed by atoms with E-state index in [0.717, 1.165) is 0 Å². The van der Waals surface area contributed by atoms with Crippen molar-refractivity contribution >= 4 is 5.97 Å². The summed E-state index contributed by atoms with van der Waals surface area (Å²) in [6.45, 7) is 2.44. The Hall–Kier alpha value is -1.51. The van der Waals surface area contributed by atoms with Gasteiger partial charge in [-0.15, -0.1) is 0 Å². The molecule has 1 radical (unpaired) electrons. The van der Waals surface area contributed by atoms with Gasteiger partial charge >= 0.3 is 5.97 Å². The minimum Gasteiger partial charge on any atom is -0.494 e. The number of ether oxygens (including phenoxy) is 1. The summed E-state index contributed by atoms with van der Waals surface area (Å²) in [5.74, 6) is -0.499. The van der Waals surface area contributed by atoms with Crippen LogP contribution in [0.4, 0.5) is 0 Å². The van der Waals surface area contributed by atoms with Crippen molar-refractivity contribution in [1.29, 1.82) is 0 Å². The van der Waals surface area contributed by atoms with Crippen molar-refractivity contribution in [3.8, 4) is 5.75 Å². The molecule has 0 atom stereocenters. The Morgan fingerprint density at radius 3 is 2.33 bits per heavy atom. The monoisotopic (exact) mass is 165 g/mol. The topological polar surface area (TPSA) is 46.2 Å². The van der Waals surface area contributed by atoms with E-state index < -0.39 is 5.97 Å². The molecule has 0 aliphatic carbocycles. The maximum atomic E-state index is 10.3. The van der Waals surface area contributed by atoms with Crippen LogP contribution in [0.5, 0.6) is 5.75 Å². The zero-order valence-electron chi connectivity index (χ0n) is 6.74. The molecule has 0 saturated carbocycles. The van der Waals surface area contributed by atoms with E-state index in [-0.39, 0.29) is 5.56 Å². The average Bonchev–Trinajstić information content (AvgIpc) is 2.06. The lowest BCUT2D eigenvalue weighted by Gasteiger charge is -2.01. The predicted molar refractivity (Wildman–Crippen MR) is 42.6 cm³/mol. The molecular formula is C9H9O3. The zero-order valence-corrected chi connectivity index (χ0v) is 6.74. The highest BCUT2D eigenvalue weighted by Crippen LogP contribution is 2.11. The van der Waals surface area contributed by atoms with E-state index in [0.29, 0.717) is 12.4 Å². The molecule has 1 rings (SSSR count). The minimum absolute atomic E-state index is 0.165. The highest BCUT2D eigenvalue weighted by Gasteiger charge is 2.03. The van der Waals surface area contributed by atoms with Crippen LogP contribution in [0.2, 0.25) is 0 Å². The molecule has 0 amide bonds. The summed E-state index contributed by atoms with van der Waals surface area (Å²) < 4.78 is 5.13. The number of benzene rings is 1. The third-order valence-electron chi connectivity index (χ3n) is 1.40. The van der Waals surface area contributed by atoms with Gasteiger partial charge in [0, 0.05) is 0 Å². The Balaban J connectivity index is 2.78. The number of hydrogen-bond donors (Lipinski definition) is 0. The molecule has 1 aromatic carbocycles. The van der Waals surface area contributed by atoms with E-state index in [1.165, 1.54) is 12.1 Å². The summed E-state index contributed by atoms with van der Waals surface area (Å²) in [7, 11) is 0. The minimum atomic E-state index is -1.17. The molecule has 0 N–H and O–H groups in total. The summed E-state index contributed by atoms with van der Waals surface area (Å²) in [4.78, 5) is 10.3. The van der Waals surface area contributed by atoms with Crippen LogP contribution in [0.3, 0.4) is 0 Å². The normalized spacial score (nSPS) is 9.42. The van der Waals surface area contributed by atoms with Gasteiger partial charge in [0.1, 0.15) is 5.75 Å². The molecule has 0 spiro atoms. The molecule has 0 saturated heterocycles. The highest BCUT2D eigenvalue weighted by molar-refractivity contribution is 5.87. The Morgan fingerprint density at radius 2 is 1.92 bits per heavy atom. The van der Waals surface area contributed by atoms with Crippen molar-refractivity contribution in [2.75, 3.05) is 6.61 Å². The van der Waals surface area contributed by atoms with Gasteiger partial charge in [0.15, 0.2) is 0 Å². The Morgan fingerprint density at radius 1 is 1.33 bits per heavy atom. The molecule has 1 aromatic rings. The van der Waals surface area contributed by atoms with E-state index >= 15 is 0 Å². The van der Waals surface area contributed by atoms with Crippen molar-refractivity contribution in [2.24, 2.45) is 0 Å². The molecule has 0 heterocycles. The van der Waals surface area contributed by atoms with Gasteiger partial charge in [0.2, 0.25) is 0 Å². The summed E-state index contributed by atoms with van der Waals surface area (Å²) in [5, 5.41) is 10.3. The molecule has 0 aromatic heterocycles. The molecule has 0 fully saturated rings. The van der Waals surface area contributed by atoms with Crippen LogP contribution < -0.4 is 4.74 Å². The van der Waals surface area contributed by atoms with Gasteiger partial charge in [0.05, 0.1) is 12.2 Å². The van der Waals surface area contributed by atoms with Crippen molar-refractivity contribution in [2.45, 2.75) is 6.92 Å². The van der Waals surface area contributed by atoms with Gasteiger partial charge in [-0.1, -0.05) is 0 Å². The standard InChI is InChI=1S/C9H9O3/c1-2-12-8-5-3-7(4-6-8)9(10)11/h3-6H,2H2,1H3. The summed E-state index contributed by atoms with van der Waals surface area (Å²) in [6, 6.07) is 6.13. The molecule has 63 valence electrons. The first kappa shape index (κ1) is 8.59. The van der Waals surface area contributed by atoms with Crippen LogP contribution in [0.15, 0.2) is 24.3 Å². The highest BCUT2D eigenvalue weighted by atomic mass is 16.5. The van der Waals surface area contributed by atoms with E-state index in [4.69, 9.17) is 4.74 Å². The summed E-state index contributed by atoms with van der Waals surface area (Å²) >= 11 is 0. The zero-order chi connectivity index (χ0) is 8.97. The SMILES string of the molecule is CCOc1ccc(C([O])=O)cc1. The first-order valence-electron chi connectivity index (χ1n) is 3.68. The van der Waals surface area contributed by atoms with E-state index in [2.05, 4.69) is 0 Å². The number of rotatable bonds is 3. The molecule has 0 bridgehead atoms. The van der Waals surface area contributed by atoms with E-state index in [9.17, 15) is 9.90 Å². The third-order valence-corrected chi connectivity index (χ3v) is 1.40. The van der Waals surface area contributed by atoms with Gasteiger partial charge in [0.25, 0.3) is 0 Å². The number of carbonyl (C=O) groups excluding carboxylic acids is 1. The second-order valence-electron chi connectivity index (χ2n) is 2.24. The molecule has 3 nitrogen and oxygen atoms in total. The number of hydrogen-bond acceptors (Lipinski definition) is 2. The van der Waals surface area contributed by atoms with Crippen molar-refractivity contribution in [1.82, 2.24) is 0 Å². The van der Waals surface area contributed by atoms with Crippen LogP contribution in [0.1, 0.15) is 17.3 Å². The van der Waals surface area contributed by atoms with Crippen LogP contribution >= 0.6 is 0 Å². The van der Waals surface area contributed by atoms with E-state index in [1.807, 2.05) is 6.92 Å². The maximum absolute atomic E-state index is 10.3. The van der Waals surface area contributed by atoms with Crippen LogP contribution in [-0.4, -0.2) is 12.6 Å². The summed E-state index contributed by atoms with van der Waals surface area (Å²) in [5.41, 5.74) is 0.165. The smallest absolute Gasteiger partial charge is 0.386 e. The fourth-order valence-electron chi connectivity index (χ4n) is 0.854. The van der Waals surface area contributed by atoms with Gasteiger partial charge in [-0.05, 0) is 31.2 Å².